The van der Waals surface area contributed by atoms with Gasteiger partial charge in [0.2, 0.25) is 0 Å². The fraction of sp³-hybridized carbons (Fsp3) is 0.333. The van der Waals surface area contributed by atoms with Crippen molar-refractivity contribution in [3.63, 3.8) is 0 Å². The predicted octanol–water partition coefficient (Wildman–Crippen LogP) is 2.23. The van der Waals surface area contributed by atoms with Crippen molar-refractivity contribution in [2.45, 2.75) is 12.6 Å². The van der Waals surface area contributed by atoms with Gasteiger partial charge in [-0.2, -0.15) is 0 Å². The summed E-state index contributed by atoms with van der Waals surface area (Å²) < 4.78 is 13.6. The molecule has 1 heterocycles. The Balaban J connectivity index is 2.06. The Morgan fingerprint density at radius 1 is 1.21 bits per heavy atom. The van der Waals surface area contributed by atoms with Crippen molar-refractivity contribution in [1.82, 2.24) is 9.88 Å². The van der Waals surface area contributed by atoms with Crippen LogP contribution in [-0.4, -0.2) is 20.8 Å². The molecule has 0 aliphatic rings. The lowest BCUT2D eigenvalue weighted by atomic mass is 10.1. The van der Waals surface area contributed by atoms with Gasteiger partial charge in [0.15, 0.2) is 0 Å². The van der Waals surface area contributed by atoms with Gasteiger partial charge in [0.25, 0.3) is 0 Å². The number of nitrogens with zero attached hydrogens (tertiary/aromatic N) is 1. The Morgan fingerprint density at radius 3 is 2.53 bits per heavy atom. The normalized spacial score (nSPS) is 14.2. The van der Waals surface area contributed by atoms with Crippen LogP contribution in [0.1, 0.15) is 17.3 Å². The van der Waals surface area contributed by atoms with E-state index in [0.717, 1.165) is 6.54 Å². The number of aryl methyl sites for hydroxylation is 1. The summed E-state index contributed by atoms with van der Waals surface area (Å²) in [5.74, 6) is 0.633. The zero-order valence-corrected chi connectivity index (χ0v) is 12.2. The van der Waals surface area contributed by atoms with E-state index < -0.39 is 10.8 Å². The van der Waals surface area contributed by atoms with E-state index in [1.807, 2.05) is 37.5 Å². The first-order chi connectivity index (χ1) is 9.16. The smallest absolute Gasteiger partial charge is 0.0439 e. The average molecular weight is 276 g/mol. The summed E-state index contributed by atoms with van der Waals surface area (Å²) >= 11 is 0. The fourth-order valence-corrected chi connectivity index (χ4v) is 2.88. The molecule has 0 amide bonds. The molecule has 0 saturated carbocycles. The van der Waals surface area contributed by atoms with Crippen LogP contribution in [0.5, 0.6) is 0 Å². The number of benzene rings is 1. The van der Waals surface area contributed by atoms with E-state index in [2.05, 4.69) is 28.1 Å². The minimum absolute atomic E-state index is 0.127. The first-order valence-corrected chi connectivity index (χ1v) is 8.08. The second kappa shape index (κ2) is 6.68. The Labute approximate surface area is 117 Å². The SMILES string of the molecule is Cn1cccc1CN[C@@H](C[S@](C)=O)c1ccccc1. The summed E-state index contributed by atoms with van der Waals surface area (Å²) in [5.41, 5.74) is 2.41. The zero-order chi connectivity index (χ0) is 13.7. The second-order valence-electron chi connectivity index (χ2n) is 4.69. The molecule has 2 atom stereocenters. The first kappa shape index (κ1) is 14.0. The van der Waals surface area contributed by atoms with E-state index >= 15 is 0 Å². The van der Waals surface area contributed by atoms with Crippen molar-refractivity contribution < 1.29 is 4.21 Å². The molecule has 2 aromatic rings. The highest BCUT2D eigenvalue weighted by molar-refractivity contribution is 7.84. The lowest BCUT2D eigenvalue weighted by Crippen LogP contribution is -2.26. The zero-order valence-electron chi connectivity index (χ0n) is 11.4. The third-order valence-corrected chi connectivity index (χ3v) is 3.99. The van der Waals surface area contributed by atoms with Crippen LogP contribution in [0.3, 0.4) is 0 Å². The molecule has 4 heteroatoms. The van der Waals surface area contributed by atoms with Crippen molar-refractivity contribution in [1.29, 1.82) is 0 Å². The minimum Gasteiger partial charge on any atom is -0.353 e. The van der Waals surface area contributed by atoms with Crippen molar-refractivity contribution in [3.05, 3.63) is 59.9 Å². The van der Waals surface area contributed by atoms with Crippen LogP contribution in [0.25, 0.3) is 0 Å². The molecule has 1 aromatic carbocycles. The molecule has 1 N–H and O–H groups in total. The summed E-state index contributed by atoms with van der Waals surface area (Å²) in [7, 11) is 1.22. The Morgan fingerprint density at radius 2 is 1.95 bits per heavy atom. The maximum absolute atomic E-state index is 11.5. The average Bonchev–Trinajstić information content (AvgIpc) is 2.81. The maximum Gasteiger partial charge on any atom is 0.0439 e. The van der Waals surface area contributed by atoms with Crippen molar-refractivity contribution in [3.8, 4) is 0 Å². The van der Waals surface area contributed by atoms with E-state index in [1.54, 1.807) is 6.26 Å². The first-order valence-electron chi connectivity index (χ1n) is 6.35. The van der Waals surface area contributed by atoms with Crippen molar-refractivity contribution in [2.24, 2.45) is 7.05 Å². The number of nitrogens with one attached hydrogen (secondary N) is 1. The molecule has 0 saturated heterocycles. The molecular weight excluding hydrogens is 256 g/mol. The Bertz CT molecular complexity index is 536. The molecule has 0 radical (unpaired) electrons. The van der Waals surface area contributed by atoms with Crippen molar-refractivity contribution in [2.75, 3.05) is 12.0 Å². The Hall–Kier alpha value is -1.39. The summed E-state index contributed by atoms with van der Waals surface area (Å²) in [6.07, 6.45) is 3.78. The third-order valence-electron chi connectivity index (χ3n) is 3.18. The number of hydrogen-bond donors (Lipinski definition) is 1. The molecule has 0 aliphatic heterocycles. The number of hydrogen-bond acceptors (Lipinski definition) is 2. The van der Waals surface area contributed by atoms with E-state index in [-0.39, 0.29) is 6.04 Å². The number of rotatable bonds is 6. The summed E-state index contributed by atoms with van der Waals surface area (Å²) in [4.78, 5) is 0. The monoisotopic (exact) mass is 276 g/mol. The van der Waals surface area contributed by atoms with Crippen LogP contribution < -0.4 is 5.32 Å². The number of aromatic nitrogens is 1. The van der Waals surface area contributed by atoms with E-state index in [0.29, 0.717) is 5.75 Å². The Kier molecular flexibility index (Phi) is 4.93. The van der Waals surface area contributed by atoms with Crippen molar-refractivity contribution >= 4 is 10.8 Å². The largest absolute Gasteiger partial charge is 0.353 e. The summed E-state index contributed by atoms with van der Waals surface area (Å²) in [6.45, 7) is 0.778. The molecule has 0 spiro atoms. The van der Waals surface area contributed by atoms with Gasteiger partial charge >= 0.3 is 0 Å². The molecular formula is C15H20N2OS. The van der Waals surface area contributed by atoms with Gasteiger partial charge in [-0.15, -0.1) is 0 Å². The quantitative estimate of drug-likeness (QED) is 0.878. The van der Waals surface area contributed by atoms with Crippen LogP contribution in [0, 0.1) is 0 Å². The molecule has 1 aromatic heterocycles. The molecule has 0 aliphatic carbocycles. The molecule has 2 rings (SSSR count). The van der Waals surface area contributed by atoms with E-state index in [1.165, 1.54) is 11.3 Å². The van der Waals surface area contributed by atoms with Gasteiger partial charge in [-0.25, -0.2) is 0 Å². The highest BCUT2D eigenvalue weighted by atomic mass is 32.2. The third kappa shape index (κ3) is 4.04. The standard InChI is InChI=1S/C15H20N2OS/c1-17-10-6-9-14(17)11-16-15(12-19(2)18)13-7-4-3-5-8-13/h3-10,15-16H,11-12H2,1-2H3/t15-,19-/m0/s1. The van der Waals surface area contributed by atoms with Gasteiger partial charge in [0.05, 0.1) is 0 Å². The molecule has 3 nitrogen and oxygen atoms in total. The molecule has 0 unspecified atom stereocenters. The highest BCUT2D eigenvalue weighted by Crippen LogP contribution is 2.14. The molecule has 0 bridgehead atoms. The lowest BCUT2D eigenvalue weighted by molar-refractivity contribution is 0.558. The van der Waals surface area contributed by atoms with Gasteiger partial charge in [0, 0.05) is 54.3 Å². The predicted molar refractivity (Wildman–Crippen MR) is 80.4 cm³/mol. The van der Waals surface area contributed by atoms with E-state index in [4.69, 9.17) is 0 Å². The van der Waals surface area contributed by atoms with Gasteiger partial charge in [0.1, 0.15) is 0 Å². The van der Waals surface area contributed by atoms with Gasteiger partial charge in [-0.3, -0.25) is 4.21 Å². The minimum atomic E-state index is -0.819. The van der Waals surface area contributed by atoms with Gasteiger partial charge in [-0.1, -0.05) is 30.3 Å². The van der Waals surface area contributed by atoms with Crippen LogP contribution >= 0.6 is 0 Å². The molecule has 102 valence electrons. The van der Waals surface area contributed by atoms with Gasteiger partial charge < -0.3 is 9.88 Å². The summed E-state index contributed by atoms with van der Waals surface area (Å²) in [5, 5.41) is 3.50. The summed E-state index contributed by atoms with van der Waals surface area (Å²) in [6, 6.07) is 14.5. The van der Waals surface area contributed by atoms with Crippen LogP contribution in [0.15, 0.2) is 48.7 Å². The topological polar surface area (TPSA) is 34.0 Å². The molecule has 19 heavy (non-hydrogen) atoms. The molecule has 0 fully saturated rings. The van der Waals surface area contributed by atoms with Crippen LogP contribution in [0.4, 0.5) is 0 Å². The van der Waals surface area contributed by atoms with E-state index in [9.17, 15) is 4.21 Å². The second-order valence-corrected chi connectivity index (χ2v) is 6.17. The van der Waals surface area contributed by atoms with Crippen LogP contribution in [0.2, 0.25) is 0 Å². The van der Waals surface area contributed by atoms with Gasteiger partial charge in [-0.05, 0) is 17.7 Å². The maximum atomic E-state index is 11.5. The highest BCUT2D eigenvalue weighted by Gasteiger charge is 2.12. The fourth-order valence-electron chi connectivity index (χ4n) is 2.10. The van der Waals surface area contributed by atoms with Crippen LogP contribution in [-0.2, 0) is 24.4 Å². The lowest BCUT2D eigenvalue weighted by Gasteiger charge is -2.18.